The third kappa shape index (κ3) is 4.70. The highest BCUT2D eigenvalue weighted by Crippen LogP contribution is 2.15. The first-order valence-electron chi connectivity index (χ1n) is 6.88. The van der Waals surface area contributed by atoms with E-state index in [2.05, 4.69) is 5.32 Å². The van der Waals surface area contributed by atoms with Crippen molar-refractivity contribution in [1.29, 1.82) is 0 Å². The van der Waals surface area contributed by atoms with Gasteiger partial charge in [0.15, 0.2) is 0 Å². The molecule has 1 saturated heterocycles. The van der Waals surface area contributed by atoms with Crippen molar-refractivity contribution in [3.63, 3.8) is 0 Å². The van der Waals surface area contributed by atoms with Crippen molar-refractivity contribution in [3.8, 4) is 0 Å². The number of amides is 2. The first-order valence-corrected chi connectivity index (χ1v) is 6.88. The maximum absolute atomic E-state index is 12.2. The van der Waals surface area contributed by atoms with Crippen molar-refractivity contribution in [3.05, 3.63) is 0 Å². The van der Waals surface area contributed by atoms with Crippen LogP contribution in [-0.4, -0.2) is 53.3 Å². The van der Waals surface area contributed by atoms with E-state index >= 15 is 0 Å². The van der Waals surface area contributed by atoms with Gasteiger partial charge in [0.1, 0.15) is 0 Å². The van der Waals surface area contributed by atoms with Gasteiger partial charge in [-0.15, -0.1) is 0 Å². The molecular weight excluding hydrogens is 248 g/mol. The van der Waals surface area contributed by atoms with Crippen LogP contribution in [0, 0.1) is 0 Å². The fourth-order valence-corrected chi connectivity index (χ4v) is 2.20. The van der Waals surface area contributed by atoms with Crippen molar-refractivity contribution < 1.29 is 19.4 Å². The number of nitrogens with one attached hydrogen (secondary N) is 1. The lowest BCUT2D eigenvalue weighted by molar-refractivity contribution is -0.137. The molecule has 1 aliphatic heterocycles. The van der Waals surface area contributed by atoms with E-state index in [1.165, 1.54) is 0 Å². The number of carbonyl (C=O) groups is 2. The molecule has 0 aromatic carbocycles. The second-order valence-electron chi connectivity index (χ2n) is 5.01. The number of rotatable bonds is 5. The summed E-state index contributed by atoms with van der Waals surface area (Å²) in [5.74, 6) is -0.894. The van der Waals surface area contributed by atoms with Gasteiger partial charge in [0.05, 0.1) is 25.2 Å². The molecule has 6 heteroatoms. The molecule has 0 radical (unpaired) electrons. The van der Waals surface area contributed by atoms with E-state index in [1.807, 2.05) is 20.8 Å². The van der Waals surface area contributed by atoms with Gasteiger partial charge in [-0.05, 0) is 19.8 Å². The van der Waals surface area contributed by atoms with Gasteiger partial charge in [-0.3, -0.25) is 4.79 Å². The van der Waals surface area contributed by atoms with Crippen LogP contribution in [0.25, 0.3) is 0 Å². The normalized spacial score (nSPS) is 24.9. The van der Waals surface area contributed by atoms with Crippen LogP contribution in [0.3, 0.4) is 0 Å². The van der Waals surface area contributed by atoms with Crippen LogP contribution in [0.5, 0.6) is 0 Å². The Labute approximate surface area is 114 Å². The van der Waals surface area contributed by atoms with Gasteiger partial charge in [-0.1, -0.05) is 13.8 Å². The smallest absolute Gasteiger partial charge is 0.318 e. The van der Waals surface area contributed by atoms with Crippen molar-refractivity contribution in [2.45, 2.75) is 58.2 Å². The topological polar surface area (TPSA) is 78.9 Å². The molecule has 2 amide bonds. The number of hydrogen-bond acceptors (Lipinski definition) is 3. The van der Waals surface area contributed by atoms with E-state index in [1.54, 1.807) is 4.90 Å². The van der Waals surface area contributed by atoms with Crippen LogP contribution >= 0.6 is 0 Å². The number of carboxylic acid groups (broad SMARTS) is 1. The SMILES string of the molecule is CCC(CC(=O)O)NC(=O)N1CC(C)OCC1CC. The van der Waals surface area contributed by atoms with Crippen molar-refractivity contribution in [2.75, 3.05) is 13.2 Å². The highest BCUT2D eigenvalue weighted by Gasteiger charge is 2.30. The largest absolute Gasteiger partial charge is 0.481 e. The molecule has 1 fully saturated rings. The summed E-state index contributed by atoms with van der Waals surface area (Å²) in [7, 11) is 0. The summed E-state index contributed by atoms with van der Waals surface area (Å²) in [6.07, 6.45) is 1.41. The first-order chi connectivity index (χ1) is 8.97. The summed E-state index contributed by atoms with van der Waals surface area (Å²) in [5, 5.41) is 11.6. The summed E-state index contributed by atoms with van der Waals surface area (Å²) in [6, 6.07) is -0.436. The second-order valence-corrected chi connectivity index (χ2v) is 5.01. The van der Waals surface area contributed by atoms with E-state index in [4.69, 9.17) is 9.84 Å². The Balaban J connectivity index is 2.60. The average molecular weight is 272 g/mol. The van der Waals surface area contributed by atoms with Crippen molar-refractivity contribution in [2.24, 2.45) is 0 Å². The minimum Gasteiger partial charge on any atom is -0.481 e. The van der Waals surface area contributed by atoms with Crippen LogP contribution in [0.15, 0.2) is 0 Å². The number of carbonyl (C=O) groups excluding carboxylic acids is 1. The molecule has 0 spiro atoms. The molecule has 19 heavy (non-hydrogen) atoms. The van der Waals surface area contributed by atoms with E-state index in [9.17, 15) is 9.59 Å². The van der Waals surface area contributed by atoms with Crippen LogP contribution < -0.4 is 5.32 Å². The van der Waals surface area contributed by atoms with E-state index in [0.717, 1.165) is 6.42 Å². The van der Waals surface area contributed by atoms with Gasteiger partial charge in [-0.25, -0.2) is 4.79 Å². The Hall–Kier alpha value is -1.30. The summed E-state index contributed by atoms with van der Waals surface area (Å²) in [6.45, 7) is 6.90. The molecule has 3 unspecified atom stereocenters. The highest BCUT2D eigenvalue weighted by molar-refractivity contribution is 5.76. The fraction of sp³-hybridized carbons (Fsp3) is 0.846. The fourth-order valence-electron chi connectivity index (χ4n) is 2.20. The monoisotopic (exact) mass is 272 g/mol. The Bertz CT molecular complexity index is 322. The number of hydrogen-bond donors (Lipinski definition) is 2. The number of morpholine rings is 1. The highest BCUT2D eigenvalue weighted by atomic mass is 16.5. The van der Waals surface area contributed by atoms with Gasteiger partial charge in [0, 0.05) is 12.6 Å². The molecule has 1 aliphatic rings. The lowest BCUT2D eigenvalue weighted by Crippen LogP contribution is -2.56. The molecule has 0 bridgehead atoms. The first kappa shape index (κ1) is 15.8. The molecule has 0 aliphatic carbocycles. The quantitative estimate of drug-likeness (QED) is 0.794. The zero-order chi connectivity index (χ0) is 14.4. The van der Waals surface area contributed by atoms with Crippen molar-refractivity contribution in [1.82, 2.24) is 10.2 Å². The molecule has 2 N–H and O–H groups in total. The minimum absolute atomic E-state index is 0.0214. The van der Waals surface area contributed by atoms with Gasteiger partial charge in [0.25, 0.3) is 0 Å². The maximum atomic E-state index is 12.2. The van der Waals surface area contributed by atoms with Crippen LogP contribution in [0.1, 0.15) is 40.0 Å². The van der Waals surface area contributed by atoms with E-state index < -0.39 is 5.97 Å². The van der Waals surface area contributed by atoms with Gasteiger partial charge in [-0.2, -0.15) is 0 Å². The zero-order valence-electron chi connectivity index (χ0n) is 11.9. The molecule has 110 valence electrons. The Kier molecular flexibility index (Phi) is 6.08. The van der Waals surface area contributed by atoms with Crippen LogP contribution in [0.4, 0.5) is 4.79 Å². The van der Waals surface area contributed by atoms with Crippen LogP contribution in [-0.2, 0) is 9.53 Å². The summed E-state index contributed by atoms with van der Waals surface area (Å²) in [4.78, 5) is 24.7. The predicted molar refractivity (Wildman–Crippen MR) is 71.1 cm³/mol. The average Bonchev–Trinajstić information content (AvgIpc) is 2.37. The summed E-state index contributed by atoms with van der Waals surface area (Å²) >= 11 is 0. The lowest BCUT2D eigenvalue weighted by Gasteiger charge is -2.38. The maximum Gasteiger partial charge on any atom is 0.318 e. The molecule has 6 nitrogen and oxygen atoms in total. The third-order valence-electron chi connectivity index (χ3n) is 3.44. The molecule has 0 aromatic heterocycles. The number of ether oxygens (including phenoxy) is 1. The van der Waals surface area contributed by atoms with Crippen LogP contribution in [0.2, 0.25) is 0 Å². The lowest BCUT2D eigenvalue weighted by atomic mass is 10.1. The van der Waals surface area contributed by atoms with Gasteiger partial charge < -0.3 is 20.1 Å². The summed E-state index contributed by atoms with van der Waals surface area (Å²) < 4.78 is 5.54. The molecule has 3 atom stereocenters. The molecule has 1 rings (SSSR count). The van der Waals surface area contributed by atoms with E-state index in [0.29, 0.717) is 19.6 Å². The number of carboxylic acids is 1. The van der Waals surface area contributed by atoms with Crippen molar-refractivity contribution >= 4 is 12.0 Å². The Morgan fingerprint density at radius 2 is 2.16 bits per heavy atom. The molecule has 0 aromatic rings. The van der Waals surface area contributed by atoms with E-state index in [-0.39, 0.29) is 30.6 Å². The standard InChI is InChI=1S/C13H24N2O4/c1-4-10(6-12(16)17)14-13(18)15-7-9(3)19-8-11(15)5-2/h9-11H,4-8H2,1-3H3,(H,14,18)(H,16,17). The molecule has 1 heterocycles. The second kappa shape index (κ2) is 7.33. The summed E-state index contributed by atoms with van der Waals surface area (Å²) in [5.41, 5.74) is 0. The minimum atomic E-state index is -0.894. The molecule has 0 saturated carbocycles. The van der Waals surface area contributed by atoms with Gasteiger partial charge >= 0.3 is 12.0 Å². The number of aliphatic carboxylic acids is 1. The Morgan fingerprint density at radius 1 is 1.47 bits per heavy atom. The number of urea groups is 1. The molecular formula is C13H24N2O4. The predicted octanol–water partition coefficient (Wildman–Crippen LogP) is 1.45. The zero-order valence-corrected chi connectivity index (χ0v) is 11.9. The van der Waals surface area contributed by atoms with Gasteiger partial charge in [0.2, 0.25) is 0 Å². The third-order valence-corrected chi connectivity index (χ3v) is 3.44. The number of nitrogens with zero attached hydrogens (tertiary/aromatic N) is 1. The Morgan fingerprint density at radius 3 is 2.68 bits per heavy atom.